The third kappa shape index (κ3) is 5.88. The first-order valence-corrected chi connectivity index (χ1v) is 9.27. The number of rotatable bonds is 6. The molecule has 20 heavy (non-hydrogen) atoms. The molecule has 0 spiro atoms. The van der Waals surface area contributed by atoms with Crippen LogP contribution < -0.4 is 5.32 Å². The molecular formula is C16H22BrNOS. The average molecular weight is 356 g/mol. The van der Waals surface area contributed by atoms with Gasteiger partial charge in [-0.3, -0.25) is 4.79 Å². The topological polar surface area (TPSA) is 29.1 Å². The quantitative estimate of drug-likeness (QED) is 0.820. The predicted molar refractivity (Wildman–Crippen MR) is 89.9 cm³/mol. The van der Waals surface area contributed by atoms with Crippen LogP contribution in [-0.4, -0.2) is 18.2 Å². The molecule has 4 heteroatoms. The lowest BCUT2D eigenvalue weighted by atomic mass is 9.89. The maximum absolute atomic E-state index is 11.8. The van der Waals surface area contributed by atoms with Gasteiger partial charge in [-0.25, -0.2) is 0 Å². The normalized spacial score (nSPS) is 16.1. The molecule has 0 aromatic heterocycles. The smallest absolute Gasteiger partial charge is 0.230 e. The number of benzene rings is 1. The Bertz CT molecular complexity index is 415. The molecule has 0 aliphatic heterocycles. The van der Waals surface area contributed by atoms with E-state index in [0.29, 0.717) is 11.7 Å². The van der Waals surface area contributed by atoms with Gasteiger partial charge >= 0.3 is 0 Å². The molecule has 0 bridgehead atoms. The van der Waals surface area contributed by atoms with E-state index in [-0.39, 0.29) is 5.91 Å². The van der Waals surface area contributed by atoms with Crippen LogP contribution in [0.2, 0.25) is 0 Å². The SMILES string of the molecule is O=C(CSCc1ccc(Br)cc1)NCC1CCCCC1. The van der Waals surface area contributed by atoms with Gasteiger partial charge in [0.05, 0.1) is 5.75 Å². The zero-order valence-electron chi connectivity index (χ0n) is 11.7. The molecule has 1 aliphatic rings. The first kappa shape index (κ1) is 15.9. The second kappa shape index (κ2) is 8.73. The minimum Gasteiger partial charge on any atom is -0.355 e. The van der Waals surface area contributed by atoms with Gasteiger partial charge in [0.15, 0.2) is 0 Å². The standard InChI is InChI=1S/C16H22BrNOS/c17-15-8-6-14(7-9-15)11-20-12-16(19)18-10-13-4-2-1-3-5-13/h6-9,13H,1-5,10-12H2,(H,18,19). The van der Waals surface area contributed by atoms with Crippen LogP contribution in [0.3, 0.4) is 0 Å². The fourth-order valence-electron chi connectivity index (χ4n) is 2.54. The molecule has 1 amide bonds. The zero-order valence-corrected chi connectivity index (χ0v) is 14.1. The lowest BCUT2D eigenvalue weighted by Gasteiger charge is -2.21. The van der Waals surface area contributed by atoms with Crippen LogP contribution in [0.4, 0.5) is 0 Å². The molecule has 0 radical (unpaired) electrons. The maximum atomic E-state index is 11.8. The molecule has 2 nitrogen and oxygen atoms in total. The van der Waals surface area contributed by atoms with Gasteiger partial charge in [-0.2, -0.15) is 0 Å². The Hall–Kier alpha value is -0.480. The molecule has 1 aromatic carbocycles. The Kier molecular flexibility index (Phi) is 6.94. The Balaban J connectivity index is 1.58. The Labute approximate surface area is 134 Å². The second-order valence-corrected chi connectivity index (χ2v) is 7.33. The van der Waals surface area contributed by atoms with E-state index in [1.54, 1.807) is 11.8 Å². The Morgan fingerprint density at radius 1 is 1.20 bits per heavy atom. The molecule has 1 aromatic rings. The number of hydrogen-bond acceptors (Lipinski definition) is 2. The van der Waals surface area contributed by atoms with E-state index in [0.717, 1.165) is 16.8 Å². The summed E-state index contributed by atoms with van der Waals surface area (Å²) < 4.78 is 1.09. The number of hydrogen-bond donors (Lipinski definition) is 1. The minimum absolute atomic E-state index is 0.178. The van der Waals surface area contributed by atoms with E-state index < -0.39 is 0 Å². The van der Waals surface area contributed by atoms with Crippen LogP contribution in [0.1, 0.15) is 37.7 Å². The summed E-state index contributed by atoms with van der Waals surface area (Å²) in [6.07, 6.45) is 6.60. The summed E-state index contributed by atoms with van der Waals surface area (Å²) >= 11 is 5.10. The lowest BCUT2D eigenvalue weighted by molar-refractivity contribution is -0.118. The summed E-state index contributed by atoms with van der Waals surface area (Å²) in [6, 6.07) is 8.27. The van der Waals surface area contributed by atoms with Gasteiger partial charge in [0.2, 0.25) is 5.91 Å². The van der Waals surface area contributed by atoms with Crippen molar-refractivity contribution in [2.24, 2.45) is 5.92 Å². The third-order valence-electron chi connectivity index (χ3n) is 3.73. The number of amides is 1. The molecule has 1 saturated carbocycles. The summed E-state index contributed by atoms with van der Waals surface area (Å²) in [6.45, 7) is 0.873. The van der Waals surface area contributed by atoms with Crippen molar-refractivity contribution in [1.29, 1.82) is 0 Å². The van der Waals surface area contributed by atoms with Crippen LogP contribution >= 0.6 is 27.7 Å². The van der Waals surface area contributed by atoms with E-state index >= 15 is 0 Å². The van der Waals surface area contributed by atoms with E-state index in [2.05, 4.69) is 33.4 Å². The highest BCUT2D eigenvalue weighted by molar-refractivity contribution is 9.10. The highest BCUT2D eigenvalue weighted by atomic mass is 79.9. The summed E-state index contributed by atoms with van der Waals surface area (Å²) in [5.74, 6) is 2.34. The van der Waals surface area contributed by atoms with Crippen molar-refractivity contribution in [1.82, 2.24) is 5.32 Å². The van der Waals surface area contributed by atoms with E-state index in [9.17, 15) is 4.79 Å². The van der Waals surface area contributed by atoms with Gasteiger partial charge in [-0.05, 0) is 36.5 Å². The van der Waals surface area contributed by atoms with Gasteiger partial charge in [-0.15, -0.1) is 11.8 Å². The molecule has 0 unspecified atom stereocenters. The third-order valence-corrected chi connectivity index (χ3v) is 5.26. The molecule has 0 atom stereocenters. The zero-order chi connectivity index (χ0) is 14.2. The molecular weight excluding hydrogens is 334 g/mol. The lowest BCUT2D eigenvalue weighted by Crippen LogP contribution is -2.31. The van der Waals surface area contributed by atoms with Crippen molar-refractivity contribution in [2.75, 3.05) is 12.3 Å². The number of thioether (sulfide) groups is 1. The molecule has 1 N–H and O–H groups in total. The highest BCUT2D eigenvalue weighted by Crippen LogP contribution is 2.22. The van der Waals surface area contributed by atoms with Crippen LogP contribution in [-0.2, 0) is 10.5 Å². The number of carbonyl (C=O) groups is 1. The van der Waals surface area contributed by atoms with Crippen molar-refractivity contribution in [3.63, 3.8) is 0 Å². The van der Waals surface area contributed by atoms with E-state index in [1.165, 1.54) is 37.7 Å². The van der Waals surface area contributed by atoms with Gasteiger partial charge < -0.3 is 5.32 Å². The average Bonchev–Trinajstić information content (AvgIpc) is 2.48. The molecule has 1 fully saturated rings. The summed E-state index contributed by atoms with van der Waals surface area (Å²) in [5.41, 5.74) is 1.26. The second-order valence-electron chi connectivity index (χ2n) is 5.43. The van der Waals surface area contributed by atoms with Crippen LogP contribution in [0.5, 0.6) is 0 Å². The summed E-state index contributed by atoms with van der Waals surface area (Å²) in [5, 5.41) is 3.08. The van der Waals surface area contributed by atoms with Gasteiger partial charge in [0.25, 0.3) is 0 Å². The predicted octanol–water partition coefficient (Wildman–Crippen LogP) is 4.38. The van der Waals surface area contributed by atoms with Crippen molar-refractivity contribution >= 4 is 33.6 Å². The van der Waals surface area contributed by atoms with Gasteiger partial charge in [0.1, 0.15) is 0 Å². The Morgan fingerprint density at radius 2 is 1.90 bits per heavy atom. The maximum Gasteiger partial charge on any atom is 0.230 e. The van der Waals surface area contributed by atoms with E-state index in [1.807, 2.05) is 12.1 Å². The molecule has 2 rings (SSSR count). The van der Waals surface area contributed by atoms with Crippen molar-refractivity contribution in [2.45, 2.75) is 37.9 Å². The number of halogens is 1. The summed E-state index contributed by atoms with van der Waals surface area (Å²) in [7, 11) is 0. The van der Waals surface area contributed by atoms with Crippen LogP contribution in [0, 0.1) is 5.92 Å². The summed E-state index contributed by atoms with van der Waals surface area (Å²) in [4.78, 5) is 11.8. The van der Waals surface area contributed by atoms with Crippen LogP contribution in [0.25, 0.3) is 0 Å². The Morgan fingerprint density at radius 3 is 2.60 bits per heavy atom. The van der Waals surface area contributed by atoms with E-state index in [4.69, 9.17) is 0 Å². The van der Waals surface area contributed by atoms with Crippen molar-refractivity contribution in [3.05, 3.63) is 34.3 Å². The molecule has 0 saturated heterocycles. The van der Waals surface area contributed by atoms with Gasteiger partial charge in [-0.1, -0.05) is 47.3 Å². The first-order valence-electron chi connectivity index (χ1n) is 7.33. The van der Waals surface area contributed by atoms with Crippen molar-refractivity contribution < 1.29 is 4.79 Å². The largest absolute Gasteiger partial charge is 0.355 e. The minimum atomic E-state index is 0.178. The number of nitrogens with one attached hydrogen (secondary N) is 1. The fraction of sp³-hybridized carbons (Fsp3) is 0.562. The molecule has 1 aliphatic carbocycles. The number of carbonyl (C=O) groups excluding carboxylic acids is 1. The van der Waals surface area contributed by atoms with Crippen molar-refractivity contribution in [3.8, 4) is 0 Å². The van der Waals surface area contributed by atoms with Crippen LogP contribution in [0.15, 0.2) is 28.7 Å². The monoisotopic (exact) mass is 355 g/mol. The van der Waals surface area contributed by atoms with Gasteiger partial charge in [0, 0.05) is 16.8 Å². The highest BCUT2D eigenvalue weighted by Gasteiger charge is 2.14. The first-order chi connectivity index (χ1) is 9.74. The molecule has 110 valence electrons. The molecule has 0 heterocycles. The fourth-order valence-corrected chi connectivity index (χ4v) is 3.62.